The second kappa shape index (κ2) is 8.56. The zero-order valence-corrected chi connectivity index (χ0v) is 18.1. The van der Waals surface area contributed by atoms with Gasteiger partial charge in [-0.15, -0.1) is 0 Å². The lowest BCUT2D eigenvalue weighted by molar-refractivity contribution is -0.265. The van der Waals surface area contributed by atoms with Gasteiger partial charge in [0.1, 0.15) is 17.3 Å². The first kappa shape index (κ1) is 24.3. The van der Waals surface area contributed by atoms with Gasteiger partial charge in [0.15, 0.2) is 0 Å². The Bertz CT molecular complexity index is 1150. The number of aryl methyl sites for hydroxylation is 1. The predicted octanol–water partition coefficient (Wildman–Crippen LogP) is 3.29. The molecular weight excluding hydrogens is 442 g/mol. The molecule has 11 heteroatoms. The Balaban J connectivity index is 2.08. The molecule has 0 saturated carbocycles. The molecule has 0 aliphatic rings. The number of hydrogen-bond donors (Lipinski definition) is 4. The fourth-order valence-electron chi connectivity index (χ4n) is 3.06. The van der Waals surface area contributed by atoms with Crippen LogP contribution in [0, 0.1) is 12.7 Å². The number of carbonyl (C=O) groups is 1. The van der Waals surface area contributed by atoms with E-state index in [9.17, 15) is 27.5 Å². The molecule has 176 valence electrons. The highest BCUT2D eigenvalue weighted by atomic mass is 19.4. The van der Waals surface area contributed by atoms with E-state index in [1.165, 1.54) is 24.4 Å². The van der Waals surface area contributed by atoms with E-state index in [0.29, 0.717) is 11.4 Å². The first-order chi connectivity index (χ1) is 15.2. The van der Waals surface area contributed by atoms with Crippen molar-refractivity contribution in [3.63, 3.8) is 0 Å². The van der Waals surface area contributed by atoms with Crippen LogP contribution in [-0.4, -0.2) is 38.7 Å². The number of nitrogens with one attached hydrogen (secondary N) is 2. The van der Waals surface area contributed by atoms with Gasteiger partial charge in [0.05, 0.1) is 24.1 Å². The average Bonchev–Trinajstić information content (AvgIpc) is 3.17. The van der Waals surface area contributed by atoms with Gasteiger partial charge >= 0.3 is 6.18 Å². The van der Waals surface area contributed by atoms with Crippen molar-refractivity contribution in [2.24, 2.45) is 5.73 Å². The number of rotatable bonds is 6. The number of imidazole rings is 1. The molecule has 1 atom stereocenters. The maximum atomic E-state index is 14.1. The van der Waals surface area contributed by atoms with E-state index in [4.69, 9.17) is 5.73 Å². The second-order valence-electron chi connectivity index (χ2n) is 8.28. The molecule has 3 aromatic rings. The topological polar surface area (TPSA) is 117 Å². The van der Waals surface area contributed by atoms with Crippen molar-refractivity contribution in [1.82, 2.24) is 20.3 Å². The maximum absolute atomic E-state index is 14.1. The number of halogens is 4. The van der Waals surface area contributed by atoms with Gasteiger partial charge < -0.3 is 21.1 Å². The van der Waals surface area contributed by atoms with Crippen LogP contribution in [-0.2, 0) is 11.1 Å². The smallest absolute Gasteiger partial charge is 0.374 e. The molecule has 0 spiro atoms. The first-order valence-corrected chi connectivity index (χ1v) is 9.87. The maximum Gasteiger partial charge on any atom is 0.424 e. The highest BCUT2D eigenvalue weighted by Gasteiger charge is 2.56. The van der Waals surface area contributed by atoms with Gasteiger partial charge in [-0.25, -0.2) is 14.4 Å². The molecule has 0 radical (unpaired) electrons. The molecular formula is C22H23F4N5O2. The van der Waals surface area contributed by atoms with Gasteiger partial charge in [0.2, 0.25) is 5.60 Å². The Morgan fingerprint density at radius 1 is 1.18 bits per heavy atom. The van der Waals surface area contributed by atoms with E-state index in [1.54, 1.807) is 20.8 Å². The number of nitrogens with zero attached hydrogens (tertiary/aromatic N) is 2. The summed E-state index contributed by atoms with van der Waals surface area (Å²) in [5.74, 6) is -1.01. The molecule has 2 aromatic heterocycles. The molecule has 33 heavy (non-hydrogen) atoms. The minimum atomic E-state index is -5.20. The lowest BCUT2D eigenvalue weighted by Crippen LogP contribution is -2.51. The number of benzene rings is 1. The third-order valence-corrected chi connectivity index (χ3v) is 5.05. The molecule has 1 amide bonds. The minimum absolute atomic E-state index is 0.0548. The van der Waals surface area contributed by atoms with E-state index >= 15 is 0 Å². The Hall–Kier alpha value is -3.31. The van der Waals surface area contributed by atoms with Crippen LogP contribution in [0.4, 0.5) is 17.6 Å². The van der Waals surface area contributed by atoms with Crippen molar-refractivity contribution < 1.29 is 27.5 Å². The molecule has 5 N–H and O–H groups in total. The number of amides is 1. The highest BCUT2D eigenvalue weighted by Crippen LogP contribution is 2.39. The van der Waals surface area contributed by atoms with E-state index in [0.717, 1.165) is 18.2 Å². The van der Waals surface area contributed by atoms with E-state index in [1.807, 2.05) is 0 Å². The Labute approximate surface area is 187 Å². The second-order valence-corrected chi connectivity index (χ2v) is 8.28. The average molecular weight is 465 g/mol. The summed E-state index contributed by atoms with van der Waals surface area (Å²) in [6, 6.07) is 7.50. The number of H-pyrrole nitrogens is 1. The SMILES string of the molecule is Cc1ncc(C(=O)NCC(O)(c2cc(C(C)(C)N)cc(-c3ccc(F)cc3)n2)C(F)(F)F)[nH]1. The minimum Gasteiger partial charge on any atom is -0.374 e. The van der Waals surface area contributed by atoms with Crippen LogP contribution in [0.15, 0.2) is 42.6 Å². The van der Waals surface area contributed by atoms with Crippen LogP contribution in [0.5, 0.6) is 0 Å². The Morgan fingerprint density at radius 2 is 1.82 bits per heavy atom. The standard InChI is InChI=1S/C22H23F4N5O2/c1-12-28-10-17(30-12)19(32)29-11-21(33,22(24,25)26)18-9-14(20(2,3)27)8-16(31-18)13-4-6-15(23)7-5-13/h4-10,33H,11,27H2,1-3H3,(H,28,30)(H,29,32). The highest BCUT2D eigenvalue weighted by molar-refractivity contribution is 5.92. The van der Waals surface area contributed by atoms with Gasteiger partial charge in [-0.3, -0.25) is 4.79 Å². The summed E-state index contributed by atoms with van der Waals surface area (Å²) in [6.07, 6.45) is -4.03. The summed E-state index contributed by atoms with van der Waals surface area (Å²) in [5, 5.41) is 12.9. The number of pyridine rings is 1. The zero-order valence-electron chi connectivity index (χ0n) is 18.1. The van der Waals surface area contributed by atoms with Gasteiger partial charge in [-0.1, -0.05) is 0 Å². The summed E-state index contributed by atoms with van der Waals surface area (Å²) < 4.78 is 55.7. The number of hydrogen-bond acceptors (Lipinski definition) is 5. The van der Waals surface area contributed by atoms with E-state index in [2.05, 4.69) is 20.3 Å². The first-order valence-electron chi connectivity index (χ1n) is 9.87. The number of aliphatic hydroxyl groups is 1. The predicted molar refractivity (Wildman–Crippen MR) is 112 cm³/mol. The Kier molecular flexibility index (Phi) is 6.31. The third-order valence-electron chi connectivity index (χ3n) is 5.05. The van der Waals surface area contributed by atoms with Crippen LogP contribution < -0.4 is 11.1 Å². The van der Waals surface area contributed by atoms with Crippen molar-refractivity contribution in [2.75, 3.05) is 6.54 Å². The van der Waals surface area contributed by atoms with Crippen molar-refractivity contribution >= 4 is 5.91 Å². The number of aromatic nitrogens is 3. The summed E-state index contributed by atoms with van der Waals surface area (Å²) >= 11 is 0. The van der Waals surface area contributed by atoms with Gasteiger partial charge in [0, 0.05) is 11.1 Å². The monoisotopic (exact) mass is 465 g/mol. The molecule has 2 heterocycles. The van der Waals surface area contributed by atoms with Crippen molar-refractivity contribution in [1.29, 1.82) is 0 Å². The quantitative estimate of drug-likeness (QED) is 0.417. The lowest BCUT2D eigenvalue weighted by Gasteiger charge is -2.32. The Morgan fingerprint density at radius 3 is 2.33 bits per heavy atom. The summed E-state index contributed by atoms with van der Waals surface area (Å²) in [5.41, 5.74) is 1.31. The molecule has 0 aliphatic carbocycles. The van der Waals surface area contributed by atoms with Crippen molar-refractivity contribution in [3.8, 4) is 11.3 Å². The fourth-order valence-corrected chi connectivity index (χ4v) is 3.06. The number of nitrogens with two attached hydrogens (primary N) is 1. The van der Waals surface area contributed by atoms with Crippen LogP contribution in [0.3, 0.4) is 0 Å². The molecule has 1 unspecified atom stereocenters. The zero-order chi connectivity index (χ0) is 24.6. The molecule has 1 aromatic carbocycles. The van der Waals surface area contributed by atoms with Crippen LogP contribution >= 0.6 is 0 Å². The summed E-state index contributed by atoms with van der Waals surface area (Å²) in [4.78, 5) is 22.7. The van der Waals surface area contributed by atoms with Gasteiger partial charge in [-0.05, 0) is 62.7 Å². The van der Waals surface area contributed by atoms with Crippen LogP contribution in [0.25, 0.3) is 11.3 Å². The molecule has 0 bridgehead atoms. The number of carbonyl (C=O) groups excluding carboxylic acids is 1. The molecule has 0 saturated heterocycles. The normalized spacial score (nSPS) is 14.1. The third kappa shape index (κ3) is 5.20. The number of aromatic amines is 1. The largest absolute Gasteiger partial charge is 0.424 e. The van der Waals surface area contributed by atoms with Gasteiger partial charge in [-0.2, -0.15) is 13.2 Å². The lowest BCUT2D eigenvalue weighted by atomic mass is 9.89. The van der Waals surface area contributed by atoms with E-state index < -0.39 is 41.3 Å². The molecule has 0 aliphatic heterocycles. The molecule has 3 rings (SSSR count). The van der Waals surface area contributed by atoms with E-state index in [-0.39, 0.29) is 17.0 Å². The van der Waals surface area contributed by atoms with Gasteiger partial charge in [0.25, 0.3) is 5.91 Å². The summed E-state index contributed by atoms with van der Waals surface area (Å²) in [6.45, 7) is 3.52. The fraction of sp³-hybridized carbons (Fsp3) is 0.318. The van der Waals surface area contributed by atoms with Crippen molar-refractivity contribution in [3.05, 3.63) is 71.2 Å². The molecule has 7 nitrogen and oxygen atoms in total. The van der Waals surface area contributed by atoms with Crippen LogP contribution in [0.1, 0.15) is 41.4 Å². The summed E-state index contributed by atoms with van der Waals surface area (Å²) in [7, 11) is 0. The number of alkyl halides is 3. The van der Waals surface area contributed by atoms with Crippen LogP contribution in [0.2, 0.25) is 0 Å². The van der Waals surface area contributed by atoms with Crippen molar-refractivity contribution in [2.45, 2.75) is 38.1 Å². The molecule has 0 fully saturated rings.